The summed E-state index contributed by atoms with van der Waals surface area (Å²) in [7, 11) is 0. The van der Waals surface area contributed by atoms with Gasteiger partial charge in [-0.1, -0.05) is 27.7 Å². The molecule has 27 heavy (non-hydrogen) atoms. The van der Waals surface area contributed by atoms with E-state index in [2.05, 4.69) is 19.9 Å². The molecule has 5 heteroatoms. The highest BCUT2D eigenvalue weighted by Crippen LogP contribution is 2.48. The Kier molecular flexibility index (Phi) is 5.44. The molecule has 1 aromatic heterocycles. The number of allylic oxidation sites excluding steroid dienone is 1. The summed E-state index contributed by atoms with van der Waals surface area (Å²) in [5, 5.41) is 0. The number of Topliss-reactive ketones (excluding diaryl/α,β-unsaturated/α-hetero) is 1. The minimum absolute atomic E-state index is 0.0851. The number of carbonyl (C=O) groups excluding carboxylic acids is 2. The van der Waals surface area contributed by atoms with Gasteiger partial charge < -0.3 is 4.74 Å². The highest BCUT2D eigenvalue weighted by atomic mass is 32.1. The van der Waals surface area contributed by atoms with Crippen molar-refractivity contribution in [1.82, 2.24) is 0 Å². The van der Waals surface area contributed by atoms with Crippen LogP contribution in [0.2, 0.25) is 0 Å². The summed E-state index contributed by atoms with van der Waals surface area (Å²) in [6.07, 6.45) is 1.31. The van der Waals surface area contributed by atoms with Crippen molar-refractivity contribution < 1.29 is 14.3 Å². The van der Waals surface area contributed by atoms with Crippen LogP contribution in [0.1, 0.15) is 63.1 Å². The first-order valence-electron chi connectivity index (χ1n) is 9.63. The van der Waals surface area contributed by atoms with E-state index in [9.17, 15) is 9.59 Å². The number of carbonyl (C=O) groups is 2. The molecule has 146 valence electrons. The largest absolute Gasteiger partial charge is 0.462 e. The van der Waals surface area contributed by atoms with Crippen LogP contribution in [0.15, 0.2) is 28.4 Å². The number of aryl methyl sites for hydroxylation is 1. The van der Waals surface area contributed by atoms with Gasteiger partial charge in [-0.3, -0.25) is 9.79 Å². The molecular formula is C22H29NO3S. The molecule has 0 amide bonds. The zero-order valence-electron chi connectivity index (χ0n) is 17.1. The maximum Gasteiger partial charge on any atom is 0.336 e. The number of hydrogen-bond acceptors (Lipinski definition) is 5. The van der Waals surface area contributed by atoms with Gasteiger partial charge in [-0.25, -0.2) is 4.79 Å². The normalized spacial score (nSPS) is 24.7. The van der Waals surface area contributed by atoms with Gasteiger partial charge in [0, 0.05) is 33.5 Å². The number of fused-ring (bicyclic) bond motifs is 1. The van der Waals surface area contributed by atoms with E-state index in [0.29, 0.717) is 24.3 Å². The third-order valence-corrected chi connectivity index (χ3v) is 6.28. The molecule has 1 aromatic rings. The minimum Gasteiger partial charge on any atom is -0.462 e. The molecule has 1 saturated carbocycles. The summed E-state index contributed by atoms with van der Waals surface area (Å²) in [4.78, 5) is 33.0. The van der Waals surface area contributed by atoms with Gasteiger partial charge in [-0.15, -0.1) is 11.3 Å². The van der Waals surface area contributed by atoms with Crippen LogP contribution in [0.4, 0.5) is 0 Å². The maximum absolute atomic E-state index is 13.1. The molecule has 2 aliphatic rings. The summed E-state index contributed by atoms with van der Waals surface area (Å²) in [6, 6.07) is 4.10. The lowest BCUT2D eigenvalue weighted by Gasteiger charge is -2.40. The molecule has 0 spiro atoms. The van der Waals surface area contributed by atoms with Crippen molar-refractivity contribution in [3.05, 3.63) is 33.2 Å². The van der Waals surface area contributed by atoms with E-state index in [1.807, 2.05) is 33.8 Å². The van der Waals surface area contributed by atoms with Crippen molar-refractivity contribution >= 4 is 28.8 Å². The Balaban J connectivity index is 2.08. The zero-order valence-corrected chi connectivity index (χ0v) is 17.9. The van der Waals surface area contributed by atoms with Gasteiger partial charge in [0.1, 0.15) is 5.78 Å². The summed E-state index contributed by atoms with van der Waals surface area (Å²) >= 11 is 1.65. The molecule has 0 N–H and O–H groups in total. The summed E-state index contributed by atoms with van der Waals surface area (Å²) in [5.74, 6) is -0.515. The van der Waals surface area contributed by atoms with E-state index in [1.165, 1.54) is 4.88 Å². The number of ether oxygens (including phenoxy) is 1. The Labute approximate surface area is 165 Å². The topological polar surface area (TPSA) is 55.7 Å². The van der Waals surface area contributed by atoms with Gasteiger partial charge in [0.25, 0.3) is 0 Å². The molecule has 3 rings (SSSR count). The highest BCUT2D eigenvalue weighted by Gasteiger charge is 2.48. The van der Waals surface area contributed by atoms with Crippen molar-refractivity contribution in [2.24, 2.45) is 22.2 Å². The van der Waals surface area contributed by atoms with Crippen LogP contribution in [0, 0.1) is 24.2 Å². The lowest BCUT2D eigenvalue weighted by molar-refractivity contribution is -0.140. The van der Waals surface area contributed by atoms with Crippen molar-refractivity contribution in [2.75, 3.05) is 6.61 Å². The van der Waals surface area contributed by atoms with Crippen LogP contribution in [-0.2, 0) is 14.3 Å². The van der Waals surface area contributed by atoms with E-state index in [1.54, 1.807) is 11.3 Å². The number of thiophene rings is 1. The van der Waals surface area contributed by atoms with Crippen molar-refractivity contribution in [1.29, 1.82) is 0 Å². The molecule has 0 radical (unpaired) electrons. The first-order valence-corrected chi connectivity index (χ1v) is 10.4. The van der Waals surface area contributed by atoms with Crippen molar-refractivity contribution in [2.45, 2.75) is 60.3 Å². The average Bonchev–Trinajstić information content (AvgIpc) is 2.96. The van der Waals surface area contributed by atoms with E-state index < -0.39 is 0 Å². The summed E-state index contributed by atoms with van der Waals surface area (Å²) in [5.41, 5.74) is 2.08. The molecule has 1 aliphatic heterocycles. The van der Waals surface area contributed by atoms with E-state index in [4.69, 9.17) is 9.73 Å². The van der Waals surface area contributed by atoms with Crippen molar-refractivity contribution in [3.63, 3.8) is 0 Å². The second-order valence-electron chi connectivity index (χ2n) is 8.98. The maximum atomic E-state index is 13.1. The Morgan fingerprint density at radius 1 is 1.26 bits per heavy atom. The first-order chi connectivity index (χ1) is 12.6. The van der Waals surface area contributed by atoms with Gasteiger partial charge in [-0.2, -0.15) is 0 Å². The lowest BCUT2D eigenvalue weighted by Crippen LogP contribution is -2.43. The molecule has 0 bridgehead atoms. The van der Waals surface area contributed by atoms with E-state index in [-0.39, 0.29) is 34.9 Å². The van der Waals surface area contributed by atoms with Crippen LogP contribution in [0.5, 0.6) is 0 Å². The summed E-state index contributed by atoms with van der Waals surface area (Å²) < 4.78 is 5.56. The van der Waals surface area contributed by atoms with Crippen LogP contribution >= 0.6 is 11.3 Å². The van der Waals surface area contributed by atoms with Gasteiger partial charge in [-0.05, 0) is 43.7 Å². The van der Waals surface area contributed by atoms with Crippen LogP contribution in [-0.4, -0.2) is 24.1 Å². The molecule has 4 nitrogen and oxygen atoms in total. The third kappa shape index (κ3) is 4.08. The standard InChI is InChI=1S/C22H29NO3S/c1-12(2)11-26-21(25)18-14(4)23-15-9-22(5,6)10-16(24)19(15)20(18)17-8-7-13(3)27-17/h7-8,12,19-20H,9-11H2,1-6H3/t19?,20-/m0/s1. The SMILES string of the molecule is CC1=C(C(=O)OCC(C)C)[C@H](c2ccc(C)s2)C2C(=O)CC(C)(C)CC2=N1. The molecular weight excluding hydrogens is 358 g/mol. The Hall–Kier alpha value is -1.75. The first kappa shape index (κ1) is 20.0. The number of nitrogens with zero attached hydrogens (tertiary/aromatic N) is 1. The molecule has 2 atom stereocenters. The predicted octanol–water partition coefficient (Wildman–Crippen LogP) is 5.07. The van der Waals surface area contributed by atoms with Gasteiger partial charge in [0.15, 0.2) is 0 Å². The van der Waals surface area contributed by atoms with Gasteiger partial charge in [0.05, 0.1) is 18.1 Å². The fraction of sp³-hybridized carbons (Fsp3) is 0.591. The Morgan fingerprint density at radius 3 is 2.56 bits per heavy atom. The van der Waals surface area contributed by atoms with E-state index >= 15 is 0 Å². The molecule has 0 saturated heterocycles. The van der Waals surface area contributed by atoms with Crippen LogP contribution < -0.4 is 0 Å². The van der Waals surface area contributed by atoms with Crippen LogP contribution in [0.25, 0.3) is 0 Å². The van der Waals surface area contributed by atoms with Gasteiger partial charge in [0.2, 0.25) is 0 Å². The predicted molar refractivity (Wildman–Crippen MR) is 109 cm³/mol. The van der Waals surface area contributed by atoms with Crippen molar-refractivity contribution in [3.8, 4) is 0 Å². The quantitative estimate of drug-likeness (QED) is 0.678. The number of hydrogen-bond donors (Lipinski definition) is 0. The fourth-order valence-corrected chi connectivity index (χ4v) is 5.13. The molecule has 0 aromatic carbocycles. The molecule has 1 fully saturated rings. The number of aliphatic imine (C=N–C) groups is 1. The average molecular weight is 388 g/mol. The molecule has 1 aliphatic carbocycles. The molecule has 1 unspecified atom stereocenters. The smallest absolute Gasteiger partial charge is 0.336 e. The summed E-state index contributed by atoms with van der Waals surface area (Å²) in [6.45, 7) is 12.5. The molecule has 2 heterocycles. The zero-order chi connectivity index (χ0) is 19.9. The Morgan fingerprint density at radius 2 is 1.96 bits per heavy atom. The lowest BCUT2D eigenvalue weighted by atomic mass is 9.64. The number of esters is 1. The Bertz CT molecular complexity index is 828. The third-order valence-electron chi connectivity index (χ3n) is 5.20. The fourth-order valence-electron chi connectivity index (χ4n) is 4.11. The van der Waals surface area contributed by atoms with E-state index in [0.717, 1.165) is 17.0 Å². The second-order valence-corrected chi connectivity index (χ2v) is 10.3. The minimum atomic E-state index is -0.346. The monoisotopic (exact) mass is 387 g/mol. The van der Waals surface area contributed by atoms with Gasteiger partial charge >= 0.3 is 5.97 Å². The second kappa shape index (κ2) is 7.34. The number of rotatable bonds is 4. The van der Waals surface area contributed by atoms with Crippen LogP contribution in [0.3, 0.4) is 0 Å². The highest BCUT2D eigenvalue weighted by molar-refractivity contribution is 7.12. The number of ketones is 1.